The first-order valence-electron chi connectivity index (χ1n) is 9.25. The minimum atomic E-state index is -0.747. The van der Waals surface area contributed by atoms with Crippen LogP contribution in [0.15, 0.2) is 24.3 Å². The Morgan fingerprint density at radius 1 is 1.07 bits per heavy atom. The van der Waals surface area contributed by atoms with Crippen LogP contribution in [-0.2, 0) is 14.3 Å². The van der Waals surface area contributed by atoms with E-state index >= 15 is 0 Å². The highest BCUT2D eigenvalue weighted by atomic mass is 35.5. The minimum Gasteiger partial charge on any atom is -0.484 e. The number of nitrogens with zero attached hydrogens (tertiary/aromatic N) is 2. The van der Waals surface area contributed by atoms with Gasteiger partial charge in [0.25, 0.3) is 11.8 Å². The van der Waals surface area contributed by atoms with E-state index in [9.17, 15) is 14.0 Å². The van der Waals surface area contributed by atoms with Crippen LogP contribution in [0.1, 0.15) is 12.8 Å². The van der Waals surface area contributed by atoms with Crippen molar-refractivity contribution in [1.29, 1.82) is 0 Å². The Hall–Kier alpha value is -1.90. The monoisotopic (exact) mass is 415 g/mol. The van der Waals surface area contributed by atoms with Crippen molar-refractivity contribution in [3.63, 3.8) is 0 Å². The summed E-state index contributed by atoms with van der Waals surface area (Å²) < 4.78 is 23.9. The van der Waals surface area contributed by atoms with Gasteiger partial charge in [-0.2, -0.15) is 0 Å². The summed E-state index contributed by atoms with van der Waals surface area (Å²) in [6.45, 7) is 3.33. The smallest absolute Gasteiger partial charge is 0.260 e. The van der Waals surface area contributed by atoms with E-state index in [-0.39, 0.29) is 36.6 Å². The van der Waals surface area contributed by atoms with Crippen molar-refractivity contribution < 1.29 is 23.5 Å². The van der Waals surface area contributed by atoms with Gasteiger partial charge in [0, 0.05) is 33.3 Å². The van der Waals surface area contributed by atoms with Crippen LogP contribution in [0.2, 0.25) is 0 Å². The van der Waals surface area contributed by atoms with Crippen molar-refractivity contribution in [3.8, 4) is 5.75 Å². The number of piperidine rings is 1. The molecule has 1 aromatic carbocycles. The lowest BCUT2D eigenvalue weighted by Crippen LogP contribution is -2.60. The number of hydrogen-bond donors (Lipinski definition) is 1. The lowest BCUT2D eigenvalue weighted by atomic mass is 9.90. The highest BCUT2D eigenvalue weighted by Gasteiger charge is 2.43. The molecule has 9 heteroatoms. The molecule has 0 atom stereocenters. The van der Waals surface area contributed by atoms with Crippen LogP contribution in [0.4, 0.5) is 4.39 Å². The Kier molecular flexibility index (Phi) is 8.03. The first-order valence-corrected chi connectivity index (χ1v) is 9.25. The number of halogens is 2. The Morgan fingerprint density at radius 2 is 1.64 bits per heavy atom. The standard InChI is InChI=1S/C19H26FN3O4.ClH/c1-26-19(6-8-21-9-7-19)18(25)23-12-10-22(11-13-23)17(24)14-27-16-4-2-15(20)3-5-16;/h2-5,21H,6-14H2,1H3;1H. The zero-order valence-corrected chi connectivity index (χ0v) is 16.8. The molecule has 0 saturated carbocycles. The molecule has 2 aliphatic heterocycles. The van der Waals surface area contributed by atoms with Crippen LogP contribution in [0.5, 0.6) is 5.75 Å². The van der Waals surface area contributed by atoms with Gasteiger partial charge >= 0.3 is 0 Å². The average Bonchev–Trinajstić information content (AvgIpc) is 2.73. The lowest BCUT2D eigenvalue weighted by molar-refractivity contribution is -0.161. The number of benzene rings is 1. The predicted molar refractivity (Wildman–Crippen MR) is 104 cm³/mol. The molecule has 156 valence electrons. The predicted octanol–water partition coefficient (Wildman–Crippen LogP) is 1.07. The Bertz CT molecular complexity index is 660. The molecule has 1 N–H and O–H groups in total. The summed E-state index contributed by atoms with van der Waals surface area (Å²) in [7, 11) is 1.59. The molecule has 7 nitrogen and oxygen atoms in total. The van der Waals surface area contributed by atoms with E-state index in [1.165, 1.54) is 24.3 Å². The third-order valence-corrected chi connectivity index (χ3v) is 5.29. The van der Waals surface area contributed by atoms with Gasteiger partial charge in [0.15, 0.2) is 6.61 Å². The van der Waals surface area contributed by atoms with Crippen LogP contribution in [0.3, 0.4) is 0 Å². The second-order valence-electron chi connectivity index (χ2n) is 6.86. The van der Waals surface area contributed by atoms with Crippen molar-refractivity contribution in [2.75, 3.05) is 53.0 Å². The zero-order valence-electron chi connectivity index (χ0n) is 16.0. The van der Waals surface area contributed by atoms with Crippen molar-refractivity contribution in [3.05, 3.63) is 30.1 Å². The van der Waals surface area contributed by atoms with Gasteiger partial charge in [-0.05, 0) is 50.2 Å². The zero-order chi connectivity index (χ0) is 19.3. The molecular weight excluding hydrogens is 389 g/mol. The van der Waals surface area contributed by atoms with Crippen LogP contribution >= 0.6 is 12.4 Å². The van der Waals surface area contributed by atoms with Gasteiger partial charge in [0.1, 0.15) is 17.2 Å². The fourth-order valence-corrected chi connectivity index (χ4v) is 3.55. The maximum atomic E-state index is 12.9. The largest absolute Gasteiger partial charge is 0.484 e. The highest BCUT2D eigenvalue weighted by Crippen LogP contribution is 2.25. The normalized spacial score (nSPS) is 18.9. The van der Waals surface area contributed by atoms with E-state index in [1.807, 2.05) is 0 Å². The topological polar surface area (TPSA) is 71.1 Å². The quantitative estimate of drug-likeness (QED) is 0.778. The number of nitrogens with one attached hydrogen (secondary N) is 1. The van der Waals surface area contributed by atoms with Gasteiger partial charge in [0.2, 0.25) is 0 Å². The molecule has 1 aromatic rings. The molecule has 2 fully saturated rings. The summed E-state index contributed by atoms with van der Waals surface area (Å²) in [4.78, 5) is 28.7. The SMILES string of the molecule is COC1(C(=O)N2CCN(C(=O)COc3ccc(F)cc3)CC2)CCNCC1.Cl. The Morgan fingerprint density at radius 3 is 2.21 bits per heavy atom. The molecule has 0 spiro atoms. The van der Waals surface area contributed by atoms with Crippen molar-refractivity contribution in [2.45, 2.75) is 18.4 Å². The van der Waals surface area contributed by atoms with Gasteiger partial charge in [-0.15, -0.1) is 12.4 Å². The fourth-order valence-electron chi connectivity index (χ4n) is 3.55. The van der Waals surface area contributed by atoms with E-state index in [0.29, 0.717) is 44.8 Å². The number of carbonyl (C=O) groups excluding carboxylic acids is 2. The fraction of sp³-hybridized carbons (Fsp3) is 0.579. The van der Waals surface area contributed by atoms with Crippen LogP contribution in [0.25, 0.3) is 0 Å². The lowest BCUT2D eigenvalue weighted by Gasteiger charge is -2.42. The number of methoxy groups -OCH3 is 1. The van der Waals surface area contributed by atoms with Gasteiger partial charge in [-0.3, -0.25) is 9.59 Å². The molecule has 2 amide bonds. The molecular formula is C19H27ClFN3O4. The van der Waals surface area contributed by atoms with Crippen molar-refractivity contribution >= 4 is 24.2 Å². The van der Waals surface area contributed by atoms with E-state index in [2.05, 4.69) is 5.32 Å². The maximum absolute atomic E-state index is 12.9. The molecule has 2 aliphatic rings. The molecule has 2 heterocycles. The number of carbonyl (C=O) groups is 2. The molecule has 0 radical (unpaired) electrons. The number of piperazine rings is 1. The van der Waals surface area contributed by atoms with Gasteiger partial charge < -0.3 is 24.6 Å². The number of hydrogen-bond acceptors (Lipinski definition) is 5. The first-order chi connectivity index (χ1) is 13.0. The van der Waals surface area contributed by atoms with Crippen molar-refractivity contribution in [1.82, 2.24) is 15.1 Å². The molecule has 0 bridgehead atoms. The summed E-state index contributed by atoms with van der Waals surface area (Å²) in [6.07, 6.45) is 1.32. The Labute approximate surface area is 170 Å². The van der Waals surface area contributed by atoms with Gasteiger partial charge in [-0.25, -0.2) is 4.39 Å². The van der Waals surface area contributed by atoms with E-state index in [1.54, 1.807) is 16.9 Å². The molecule has 3 rings (SSSR count). The summed E-state index contributed by atoms with van der Waals surface area (Å²) in [5, 5.41) is 3.25. The molecule has 0 aliphatic carbocycles. The van der Waals surface area contributed by atoms with Crippen LogP contribution in [0, 0.1) is 5.82 Å². The van der Waals surface area contributed by atoms with Gasteiger partial charge in [0.05, 0.1) is 0 Å². The molecule has 0 unspecified atom stereocenters. The Balaban J connectivity index is 0.00000280. The summed E-state index contributed by atoms with van der Waals surface area (Å²) >= 11 is 0. The summed E-state index contributed by atoms with van der Waals surface area (Å²) in [5.74, 6) is -0.0283. The third-order valence-electron chi connectivity index (χ3n) is 5.29. The second-order valence-corrected chi connectivity index (χ2v) is 6.86. The van der Waals surface area contributed by atoms with E-state index < -0.39 is 5.60 Å². The van der Waals surface area contributed by atoms with Crippen molar-refractivity contribution in [2.24, 2.45) is 0 Å². The third kappa shape index (κ3) is 5.12. The highest BCUT2D eigenvalue weighted by molar-refractivity contribution is 5.86. The van der Waals surface area contributed by atoms with Gasteiger partial charge in [-0.1, -0.05) is 0 Å². The summed E-state index contributed by atoms with van der Waals surface area (Å²) in [6, 6.07) is 5.55. The van der Waals surface area contributed by atoms with Crippen LogP contribution in [-0.4, -0.2) is 80.2 Å². The second kappa shape index (κ2) is 10.0. The number of rotatable bonds is 5. The molecule has 28 heavy (non-hydrogen) atoms. The minimum absolute atomic E-state index is 0. The van der Waals surface area contributed by atoms with E-state index in [0.717, 1.165) is 13.1 Å². The number of ether oxygens (including phenoxy) is 2. The number of amides is 2. The van der Waals surface area contributed by atoms with Crippen LogP contribution < -0.4 is 10.1 Å². The molecule has 0 aromatic heterocycles. The molecule has 2 saturated heterocycles. The van der Waals surface area contributed by atoms with E-state index in [4.69, 9.17) is 9.47 Å². The summed E-state index contributed by atoms with van der Waals surface area (Å²) in [5.41, 5.74) is -0.747. The first kappa shape index (κ1) is 22.4. The average molecular weight is 416 g/mol. The maximum Gasteiger partial charge on any atom is 0.260 e.